The van der Waals surface area contributed by atoms with Gasteiger partial charge in [0.05, 0.1) is 17.7 Å². The maximum atomic E-state index is 12.1. The summed E-state index contributed by atoms with van der Waals surface area (Å²) in [6.45, 7) is 2.02. The van der Waals surface area contributed by atoms with Crippen molar-refractivity contribution in [2.24, 2.45) is 0 Å². The fourth-order valence-electron chi connectivity index (χ4n) is 2.54. The molecule has 2 heterocycles. The first-order valence-corrected chi connectivity index (χ1v) is 8.89. The number of rotatable bonds is 4. The molecule has 1 aromatic carbocycles. The average Bonchev–Trinajstić information content (AvgIpc) is 2.64. The van der Waals surface area contributed by atoms with Gasteiger partial charge in [-0.15, -0.1) is 0 Å². The molecule has 0 unspecified atom stereocenters. The van der Waals surface area contributed by atoms with E-state index < -0.39 is 17.8 Å². The SMILES string of the molecule is O=C1NC(=O)C(=Cc2ccc(OCC(=O)N3CCOCC3)c(Br)c2)C(=O)N1. The zero-order chi connectivity index (χ0) is 19.4. The van der Waals surface area contributed by atoms with E-state index in [1.807, 2.05) is 10.6 Å². The summed E-state index contributed by atoms with van der Waals surface area (Å²) in [6, 6.07) is 4.03. The maximum Gasteiger partial charge on any atom is 0.328 e. The van der Waals surface area contributed by atoms with E-state index >= 15 is 0 Å². The Hall–Kier alpha value is -2.72. The first kappa shape index (κ1) is 19.1. The van der Waals surface area contributed by atoms with Gasteiger partial charge in [0, 0.05) is 13.1 Å². The van der Waals surface area contributed by atoms with Crippen LogP contribution in [0.5, 0.6) is 5.75 Å². The molecule has 142 valence electrons. The zero-order valence-electron chi connectivity index (χ0n) is 14.1. The van der Waals surface area contributed by atoms with Crippen LogP contribution in [-0.4, -0.2) is 61.6 Å². The molecule has 0 radical (unpaired) electrons. The summed E-state index contributed by atoms with van der Waals surface area (Å²) >= 11 is 3.34. The molecule has 2 N–H and O–H groups in total. The number of hydrogen-bond acceptors (Lipinski definition) is 6. The molecule has 0 aromatic heterocycles. The Kier molecular flexibility index (Phi) is 5.87. The Labute approximate surface area is 162 Å². The van der Waals surface area contributed by atoms with Crippen molar-refractivity contribution in [2.75, 3.05) is 32.9 Å². The molecule has 0 saturated carbocycles. The number of carbonyl (C=O) groups excluding carboxylic acids is 4. The molecule has 3 rings (SSSR count). The third kappa shape index (κ3) is 4.72. The van der Waals surface area contributed by atoms with Crippen molar-refractivity contribution in [3.05, 3.63) is 33.8 Å². The summed E-state index contributed by atoms with van der Waals surface area (Å²) in [5.74, 6) is -1.21. The van der Waals surface area contributed by atoms with Crippen LogP contribution in [0, 0.1) is 0 Å². The van der Waals surface area contributed by atoms with Crippen molar-refractivity contribution >= 4 is 45.8 Å². The van der Waals surface area contributed by atoms with Gasteiger partial charge < -0.3 is 14.4 Å². The van der Waals surface area contributed by atoms with Gasteiger partial charge in [0.1, 0.15) is 11.3 Å². The van der Waals surface area contributed by atoms with Crippen LogP contribution in [0.1, 0.15) is 5.56 Å². The number of carbonyl (C=O) groups is 4. The lowest BCUT2D eigenvalue weighted by atomic mass is 10.1. The van der Waals surface area contributed by atoms with Crippen molar-refractivity contribution in [3.63, 3.8) is 0 Å². The second-order valence-electron chi connectivity index (χ2n) is 5.77. The number of barbiturate groups is 1. The number of amides is 5. The first-order chi connectivity index (χ1) is 12.9. The van der Waals surface area contributed by atoms with E-state index in [0.29, 0.717) is 42.1 Å². The van der Waals surface area contributed by atoms with Crippen molar-refractivity contribution < 1.29 is 28.7 Å². The third-order valence-corrected chi connectivity index (χ3v) is 4.54. The third-order valence-electron chi connectivity index (χ3n) is 3.93. The van der Waals surface area contributed by atoms with Crippen LogP contribution < -0.4 is 15.4 Å². The van der Waals surface area contributed by atoms with Gasteiger partial charge in [-0.25, -0.2) is 4.79 Å². The van der Waals surface area contributed by atoms with Crippen molar-refractivity contribution in [1.82, 2.24) is 15.5 Å². The maximum absolute atomic E-state index is 12.1. The zero-order valence-corrected chi connectivity index (χ0v) is 15.7. The van der Waals surface area contributed by atoms with Gasteiger partial charge in [0.2, 0.25) is 0 Å². The van der Waals surface area contributed by atoms with Crippen LogP contribution in [0.15, 0.2) is 28.2 Å². The molecule has 1 aromatic rings. The molecule has 9 nitrogen and oxygen atoms in total. The number of ether oxygens (including phenoxy) is 2. The Bertz CT molecular complexity index is 810. The summed E-state index contributed by atoms with van der Waals surface area (Å²) in [5.41, 5.74) is 0.362. The number of nitrogens with zero attached hydrogens (tertiary/aromatic N) is 1. The molecule has 2 aliphatic rings. The van der Waals surface area contributed by atoms with Gasteiger partial charge in [0.15, 0.2) is 6.61 Å². The summed E-state index contributed by atoms with van der Waals surface area (Å²) in [5, 5.41) is 4.01. The highest BCUT2D eigenvalue weighted by molar-refractivity contribution is 9.10. The summed E-state index contributed by atoms with van der Waals surface area (Å²) < 4.78 is 11.3. The number of halogens is 1. The molecular formula is C17H16BrN3O6. The average molecular weight is 438 g/mol. The fraction of sp³-hybridized carbons (Fsp3) is 0.294. The molecule has 0 bridgehead atoms. The summed E-state index contributed by atoms with van der Waals surface area (Å²) in [4.78, 5) is 48.4. The van der Waals surface area contributed by atoms with Crippen LogP contribution in [0.25, 0.3) is 6.08 Å². The second-order valence-corrected chi connectivity index (χ2v) is 6.62. The van der Waals surface area contributed by atoms with E-state index in [-0.39, 0.29) is 18.1 Å². The van der Waals surface area contributed by atoms with Gasteiger partial charge in [-0.05, 0) is 39.7 Å². The second kappa shape index (κ2) is 8.31. The van der Waals surface area contributed by atoms with Gasteiger partial charge in [-0.3, -0.25) is 25.0 Å². The van der Waals surface area contributed by atoms with Crippen LogP contribution in [0.3, 0.4) is 0 Å². The highest BCUT2D eigenvalue weighted by Crippen LogP contribution is 2.27. The summed E-state index contributed by atoms with van der Waals surface area (Å²) in [6.07, 6.45) is 1.35. The number of imide groups is 2. The van der Waals surface area contributed by atoms with Crippen LogP contribution in [0.2, 0.25) is 0 Å². The minimum absolute atomic E-state index is 0.105. The normalized spacial score (nSPS) is 17.3. The first-order valence-electron chi connectivity index (χ1n) is 8.10. The molecule has 2 aliphatic heterocycles. The topological polar surface area (TPSA) is 114 Å². The van der Waals surface area contributed by atoms with E-state index in [4.69, 9.17) is 9.47 Å². The molecule has 2 saturated heterocycles. The van der Waals surface area contributed by atoms with E-state index in [9.17, 15) is 19.2 Å². The van der Waals surface area contributed by atoms with Gasteiger partial charge in [-0.1, -0.05) is 6.07 Å². The smallest absolute Gasteiger partial charge is 0.328 e. The monoisotopic (exact) mass is 437 g/mol. The Morgan fingerprint density at radius 2 is 1.85 bits per heavy atom. The molecule has 0 atom stereocenters. The van der Waals surface area contributed by atoms with Crippen molar-refractivity contribution in [2.45, 2.75) is 0 Å². The lowest BCUT2D eigenvalue weighted by Crippen LogP contribution is -2.51. The molecule has 10 heteroatoms. The van der Waals surface area contributed by atoms with Gasteiger partial charge in [0.25, 0.3) is 17.7 Å². The predicted molar refractivity (Wildman–Crippen MR) is 96.7 cm³/mol. The van der Waals surface area contributed by atoms with E-state index in [1.165, 1.54) is 6.08 Å². The van der Waals surface area contributed by atoms with Crippen molar-refractivity contribution in [3.8, 4) is 5.75 Å². The molecule has 0 aliphatic carbocycles. The van der Waals surface area contributed by atoms with E-state index in [1.54, 1.807) is 23.1 Å². The largest absolute Gasteiger partial charge is 0.483 e. The highest BCUT2D eigenvalue weighted by atomic mass is 79.9. The van der Waals surface area contributed by atoms with E-state index in [0.717, 1.165) is 0 Å². The van der Waals surface area contributed by atoms with Crippen LogP contribution >= 0.6 is 15.9 Å². The number of morpholine rings is 1. The molecule has 27 heavy (non-hydrogen) atoms. The molecule has 5 amide bonds. The number of nitrogens with one attached hydrogen (secondary N) is 2. The Balaban J connectivity index is 1.66. The van der Waals surface area contributed by atoms with Crippen molar-refractivity contribution in [1.29, 1.82) is 0 Å². The number of urea groups is 1. The molecule has 2 fully saturated rings. The quantitative estimate of drug-likeness (QED) is 0.521. The van der Waals surface area contributed by atoms with Gasteiger partial charge in [-0.2, -0.15) is 0 Å². The standard InChI is InChI=1S/C17H16BrN3O6/c18-12-8-10(7-11-15(23)19-17(25)20-16(11)24)1-2-13(12)27-9-14(22)21-3-5-26-6-4-21/h1-2,7-8H,3-6,9H2,(H2,19,20,23,24,25). The molecular weight excluding hydrogens is 422 g/mol. The molecule has 0 spiro atoms. The van der Waals surface area contributed by atoms with Gasteiger partial charge >= 0.3 is 6.03 Å². The highest BCUT2D eigenvalue weighted by Gasteiger charge is 2.27. The predicted octanol–water partition coefficient (Wildman–Crippen LogP) is 0.436. The van der Waals surface area contributed by atoms with Crippen LogP contribution in [0.4, 0.5) is 4.79 Å². The minimum Gasteiger partial charge on any atom is -0.483 e. The van der Waals surface area contributed by atoms with Crippen LogP contribution in [-0.2, 0) is 19.1 Å². The Morgan fingerprint density at radius 3 is 2.48 bits per heavy atom. The summed E-state index contributed by atoms with van der Waals surface area (Å²) in [7, 11) is 0. The fourth-order valence-corrected chi connectivity index (χ4v) is 3.05. The minimum atomic E-state index is -0.850. The number of benzene rings is 1. The van der Waals surface area contributed by atoms with E-state index in [2.05, 4.69) is 15.9 Å². The number of hydrogen-bond donors (Lipinski definition) is 2. The lowest BCUT2D eigenvalue weighted by molar-refractivity contribution is -0.137. The lowest BCUT2D eigenvalue weighted by Gasteiger charge is -2.26. The Morgan fingerprint density at radius 1 is 1.19 bits per heavy atom.